The fraction of sp³-hybridized carbons (Fsp3) is 0.350. The Morgan fingerprint density at radius 2 is 1.76 bits per heavy atom. The molecule has 0 amide bonds. The number of nitrogens with one attached hydrogen (secondary N) is 1. The van der Waals surface area contributed by atoms with Gasteiger partial charge in [0.25, 0.3) is 11.4 Å². The molecule has 9 heteroatoms. The predicted molar refractivity (Wildman–Crippen MR) is 105 cm³/mol. The van der Waals surface area contributed by atoms with Crippen LogP contribution in [0, 0.1) is 0 Å². The molecule has 29 heavy (non-hydrogen) atoms. The zero-order valence-electron chi connectivity index (χ0n) is 16.7. The van der Waals surface area contributed by atoms with Crippen molar-refractivity contribution in [3.05, 3.63) is 40.1 Å². The molecule has 0 saturated carbocycles. The van der Waals surface area contributed by atoms with Gasteiger partial charge in [-0.2, -0.15) is 0 Å². The number of rotatable bonds is 8. The summed E-state index contributed by atoms with van der Waals surface area (Å²) >= 11 is 0. The third-order valence-electron chi connectivity index (χ3n) is 4.38. The minimum Gasteiger partial charge on any atom is -0.506 e. The Morgan fingerprint density at radius 1 is 1.07 bits per heavy atom. The third-order valence-corrected chi connectivity index (χ3v) is 4.38. The monoisotopic (exact) mass is 401 g/mol. The molecule has 0 radical (unpaired) electrons. The van der Waals surface area contributed by atoms with Gasteiger partial charge in [-0.1, -0.05) is 13.0 Å². The first-order valence-electron chi connectivity index (χ1n) is 9.15. The van der Waals surface area contributed by atoms with Crippen LogP contribution < -0.4 is 15.0 Å². The van der Waals surface area contributed by atoms with Crippen molar-refractivity contribution in [2.75, 3.05) is 20.8 Å². The summed E-state index contributed by atoms with van der Waals surface area (Å²) < 4.78 is 22.0. The molecule has 0 atom stereocenters. The Balaban J connectivity index is 2.35. The lowest BCUT2D eigenvalue weighted by atomic mass is 9.98. The zero-order chi connectivity index (χ0) is 21.0. The maximum Gasteiger partial charge on any atom is 0.264 e. The highest BCUT2D eigenvalue weighted by Crippen LogP contribution is 2.46. The molecule has 2 aromatic heterocycles. The van der Waals surface area contributed by atoms with E-state index in [0.717, 1.165) is 0 Å². The van der Waals surface area contributed by atoms with Gasteiger partial charge in [0.05, 0.1) is 37.6 Å². The number of ether oxygens (including phenoxy) is 3. The van der Waals surface area contributed by atoms with E-state index in [1.54, 1.807) is 18.2 Å². The summed E-state index contributed by atoms with van der Waals surface area (Å²) in [5.74, 6) is 0.871. The van der Waals surface area contributed by atoms with Crippen LogP contribution >= 0.6 is 0 Å². The normalized spacial score (nSPS) is 10.9. The highest BCUT2D eigenvalue weighted by molar-refractivity contribution is 5.86. The van der Waals surface area contributed by atoms with Crippen molar-refractivity contribution < 1.29 is 23.7 Å². The zero-order valence-corrected chi connectivity index (χ0v) is 16.7. The number of H-pyrrole nitrogens is 1. The molecule has 1 aromatic carbocycles. The quantitative estimate of drug-likeness (QED) is 0.591. The molecule has 2 heterocycles. The maximum atomic E-state index is 12.8. The molecule has 0 unspecified atom stereocenters. The molecule has 0 aliphatic rings. The Bertz CT molecular complexity index is 1030. The smallest absolute Gasteiger partial charge is 0.264 e. The number of pyridine rings is 1. The van der Waals surface area contributed by atoms with Gasteiger partial charge in [-0.05, 0) is 19.1 Å². The van der Waals surface area contributed by atoms with Crippen molar-refractivity contribution in [2.24, 2.45) is 0 Å². The molecular formula is C20H23N3O6. The van der Waals surface area contributed by atoms with E-state index < -0.39 is 5.56 Å². The van der Waals surface area contributed by atoms with Gasteiger partial charge in [0.15, 0.2) is 0 Å². The standard InChI is InChI=1S/C20H23N3O6/c1-5-14-22-23-20(29-14)17-18(24)15(11(10-28-6-2)21-19(17)25)16-12(26-3)8-7-9-13(16)27-4/h7-9H,5-6,10H2,1-4H3,(H2,21,24,25). The van der Waals surface area contributed by atoms with E-state index in [9.17, 15) is 9.90 Å². The first-order chi connectivity index (χ1) is 14.0. The third kappa shape index (κ3) is 3.81. The summed E-state index contributed by atoms with van der Waals surface area (Å²) in [6.45, 7) is 4.18. The van der Waals surface area contributed by atoms with Crippen LogP contribution in [0.4, 0.5) is 0 Å². The summed E-state index contributed by atoms with van der Waals surface area (Å²) in [6, 6.07) is 5.22. The van der Waals surface area contributed by atoms with E-state index in [4.69, 9.17) is 18.6 Å². The summed E-state index contributed by atoms with van der Waals surface area (Å²) in [7, 11) is 3.02. The maximum absolute atomic E-state index is 12.8. The minimum absolute atomic E-state index is 0.0696. The number of benzene rings is 1. The molecule has 3 rings (SSSR count). The minimum atomic E-state index is -0.568. The molecule has 0 saturated heterocycles. The van der Waals surface area contributed by atoms with Crippen molar-refractivity contribution >= 4 is 0 Å². The first kappa shape index (κ1) is 20.4. The molecule has 0 bridgehead atoms. The lowest BCUT2D eigenvalue weighted by Gasteiger charge is -2.18. The predicted octanol–water partition coefficient (Wildman–Crippen LogP) is 2.91. The first-order valence-corrected chi connectivity index (χ1v) is 9.15. The number of hydrogen-bond acceptors (Lipinski definition) is 8. The van der Waals surface area contributed by atoms with E-state index in [1.807, 2.05) is 13.8 Å². The number of nitrogens with zero attached hydrogens (tertiary/aromatic N) is 2. The van der Waals surface area contributed by atoms with Gasteiger partial charge in [-0.3, -0.25) is 4.79 Å². The van der Waals surface area contributed by atoms with Crippen molar-refractivity contribution in [3.63, 3.8) is 0 Å². The van der Waals surface area contributed by atoms with Crippen LogP contribution in [0.15, 0.2) is 27.4 Å². The number of hydrogen-bond donors (Lipinski definition) is 2. The van der Waals surface area contributed by atoms with Gasteiger partial charge in [0.1, 0.15) is 22.8 Å². The van der Waals surface area contributed by atoms with Gasteiger partial charge in [0.2, 0.25) is 5.89 Å². The van der Waals surface area contributed by atoms with Crippen molar-refractivity contribution in [1.82, 2.24) is 15.2 Å². The van der Waals surface area contributed by atoms with Gasteiger partial charge in [-0.15, -0.1) is 10.2 Å². The van der Waals surface area contributed by atoms with Crippen LogP contribution in [0.1, 0.15) is 25.4 Å². The van der Waals surface area contributed by atoms with E-state index in [0.29, 0.717) is 47.2 Å². The van der Waals surface area contributed by atoms with Crippen LogP contribution in [0.3, 0.4) is 0 Å². The van der Waals surface area contributed by atoms with Gasteiger partial charge < -0.3 is 28.7 Å². The number of aromatic nitrogens is 3. The molecule has 3 aromatic rings. The molecule has 2 N–H and O–H groups in total. The molecule has 154 valence electrons. The second-order valence-electron chi connectivity index (χ2n) is 6.06. The Labute approximate surface area is 167 Å². The van der Waals surface area contributed by atoms with E-state index in [2.05, 4.69) is 15.2 Å². The molecule has 0 aliphatic heterocycles. The van der Waals surface area contributed by atoms with Crippen molar-refractivity contribution in [3.8, 4) is 39.8 Å². The van der Waals surface area contributed by atoms with Crippen LogP contribution in [-0.4, -0.2) is 41.1 Å². The number of aryl methyl sites for hydroxylation is 1. The summed E-state index contributed by atoms with van der Waals surface area (Å²) in [4.78, 5) is 15.5. The highest BCUT2D eigenvalue weighted by Gasteiger charge is 2.27. The number of methoxy groups -OCH3 is 2. The van der Waals surface area contributed by atoms with Gasteiger partial charge >= 0.3 is 0 Å². The van der Waals surface area contributed by atoms with E-state index in [1.165, 1.54) is 14.2 Å². The van der Waals surface area contributed by atoms with Crippen LogP contribution in [0.5, 0.6) is 17.2 Å². The Morgan fingerprint density at radius 3 is 2.31 bits per heavy atom. The molecule has 0 spiro atoms. The Hall–Kier alpha value is -3.33. The molecule has 9 nitrogen and oxygen atoms in total. The lowest BCUT2D eigenvalue weighted by molar-refractivity contribution is 0.131. The number of aromatic hydroxyl groups is 1. The fourth-order valence-electron chi connectivity index (χ4n) is 3.01. The Kier molecular flexibility index (Phi) is 6.18. The average Bonchev–Trinajstić information content (AvgIpc) is 3.20. The molecule has 0 aliphatic carbocycles. The van der Waals surface area contributed by atoms with Crippen molar-refractivity contribution in [2.45, 2.75) is 26.9 Å². The van der Waals surface area contributed by atoms with Crippen LogP contribution in [-0.2, 0) is 17.8 Å². The lowest BCUT2D eigenvalue weighted by Crippen LogP contribution is -2.15. The fourth-order valence-corrected chi connectivity index (χ4v) is 3.01. The topological polar surface area (TPSA) is 120 Å². The van der Waals surface area contributed by atoms with Crippen LogP contribution in [0.2, 0.25) is 0 Å². The van der Waals surface area contributed by atoms with Gasteiger partial charge in [-0.25, -0.2) is 0 Å². The van der Waals surface area contributed by atoms with Crippen molar-refractivity contribution in [1.29, 1.82) is 0 Å². The highest BCUT2D eigenvalue weighted by atomic mass is 16.5. The second kappa shape index (κ2) is 8.78. The number of aromatic amines is 1. The molecule has 0 fully saturated rings. The second-order valence-corrected chi connectivity index (χ2v) is 6.06. The van der Waals surface area contributed by atoms with E-state index in [-0.39, 0.29) is 23.8 Å². The summed E-state index contributed by atoms with van der Waals surface area (Å²) in [5.41, 5.74) is 0.452. The molecular weight excluding hydrogens is 378 g/mol. The largest absolute Gasteiger partial charge is 0.506 e. The SMILES string of the molecule is CCOCc1[nH]c(=O)c(-c2nnc(CC)o2)c(O)c1-c1c(OC)cccc1OC. The summed E-state index contributed by atoms with van der Waals surface area (Å²) in [6.07, 6.45) is 0.501. The van der Waals surface area contributed by atoms with Crippen LogP contribution in [0.25, 0.3) is 22.6 Å². The average molecular weight is 401 g/mol. The summed E-state index contributed by atoms with van der Waals surface area (Å²) in [5, 5.41) is 18.9. The van der Waals surface area contributed by atoms with E-state index >= 15 is 0 Å². The van der Waals surface area contributed by atoms with Gasteiger partial charge in [0, 0.05) is 13.0 Å².